The summed E-state index contributed by atoms with van der Waals surface area (Å²) in [5.74, 6) is 0.316. The summed E-state index contributed by atoms with van der Waals surface area (Å²) in [4.78, 5) is 0. The Morgan fingerprint density at radius 2 is 2.07 bits per heavy atom. The maximum atomic E-state index is 9.42. The maximum Gasteiger partial charge on any atom is 0.118 e. The first-order valence-corrected chi connectivity index (χ1v) is 5.70. The molecule has 0 unspecified atom stereocenters. The molecule has 0 spiro atoms. The highest BCUT2D eigenvalue weighted by Gasteiger charge is 2.10. The van der Waals surface area contributed by atoms with Crippen LogP contribution < -0.4 is 5.73 Å². The fourth-order valence-corrected chi connectivity index (χ4v) is 2.21. The second kappa shape index (κ2) is 4.04. The van der Waals surface area contributed by atoms with Crippen LogP contribution in [0.3, 0.4) is 0 Å². The van der Waals surface area contributed by atoms with E-state index in [1.165, 1.54) is 0 Å². The number of thiophene rings is 1. The molecule has 2 nitrogen and oxygen atoms in total. The molecule has 3 N–H and O–H groups in total. The molecule has 0 radical (unpaired) electrons. The number of aryl methyl sites for hydroxylation is 1. The first-order chi connectivity index (χ1) is 7.18. The molecular formula is C12H13NOS. The Bertz CT molecular complexity index is 451. The number of rotatable bonds is 2. The molecule has 0 saturated heterocycles. The Hall–Kier alpha value is -1.32. The highest BCUT2D eigenvalue weighted by Crippen LogP contribution is 2.25. The van der Waals surface area contributed by atoms with Crippen molar-refractivity contribution in [2.75, 3.05) is 0 Å². The molecule has 0 aliphatic rings. The fraction of sp³-hybridized carbons (Fsp3) is 0.167. The minimum absolute atomic E-state index is 0.101. The van der Waals surface area contributed by atoms with Gasteiger partial charge in [0.25, 0.3) is 0 Å². The third kappa shape index (κ3) is 2.03. The van der Waals surface area contributed by atoms with Crippen molar-refractivity contribution in [1.82, 2.24) is 0 Å². The number of hydrogen-bond donors (Lipinski definition) is 2. The molecule has 1 aromatic carbocycles. The van der Waals surface area contributed by atoms with Gasteiger partial charge in [-0.05, 0) is 46.5 Å². The van der Waals surface area contributed by atoms with Crippen LogP contribution in [0.25, 0.3) is 0 Å². The molecule has 2 aromatic rings. The molecule has 0 amide bonds. The summed E-state index contributed by atoms with van der Waals surface area (Å²) in [6.07, 6.45) is 0. The van der Waals surface area contributed by atoms with Crippen molar-refractivity contribution in [2.24, 2.45) is 5.73 Å². The molecule has 15 heavy (non-hydrogen) atoms. The van der Waals surface area contributed by atoms with Crippen LogP contribution in [0, 0.1) is 6.92 Å². The largest absolute Gasteiger partial charge is 0.508 e. The number of phenolic OH excluding ortho intramolecular Hbond substituents is 1. The van der Waals surface area contributed by atoms with Gasteiger partial charge in [0, 0.05) is 0 Å². The lowest BCUT2D eigenvalue weighted by molar-refractivity contribution is 0.470. The van der Waals surface area contributed by atoms with Gasteiger partial charge in [-0.2, -0.15) is 11.3 Å². The van der Waals surface area contributed by atoms with E-state index in [4.69, 9.17) is 5.73 Å². The van der Waals surface area contributed by atoms with Crippen LogP contribution in [0.1, 0.15) is 22.7 Å². The van der Waals surface area contributed by atoms with Crippen molar-refractivity contribution < 1.29 is 5.11 Å². The average molecular weight is 219 g/mol. The molecule has 3 heteroatoms. The number of aromatic hydroxyl groups is 1. The quantitative estimate of drug-likeness (QED) is 0.815. The maximum absolute atomic E-state index is 9.42. The van der Waals surface area contributed by atoms with Crippen LogP contribution in [0.15, 0.2) is 35.0 Å². The zero-order valence-corrected chi connectivity index (χ0v) is 9.29. The lowest BCUT2D eigenvalue weighted by Crippen LogP contribution is -2.10. The third-order valence-electron chi connectivity index (χ3n) is 2.48. The van der Waals surface area contributed by atoms with Crippen molar-refractivity contribution in [1.29, 1.82) is 0 Å². The van der Waals surface area contributed by atoms with Crippen LogP contribution in [0.5, 0.6) is 5.75 Å². The first-order valence-electron chi connectivity index (χ1n) is 4.75. The minimum Gasteiger partial charge on any atom is -0.508 e. The molecule has 1 aromatic heterocycles. The molecule has 1 atom stereocenters. The van der Waals surface area contributed by atoms with Crippen molar-refractivity contribution in [2.45, 2.75) is 13.0 Å². The summed E-state index contributed by atoms with van der Waals surface area (Å²) < 4.78 is 0. The number of nitrogens with two attached hydrogens (primary N) is 1. The van der Waals surface area contributed by atoms with Crippen LogP contribution in [0.2, 0.25) is 0 Å². The Morgan fingerprint density at radius 3 is 2.67 bits per heavy atom. The lowest BCUT2D eigenvalue weighted by atomic mass is 10.0. The van der Waals surface area contributed by atoms with Gasteiger partial charge < -0.3 is 10.8 Å². The van der Waals surface area contributed by atoms with Crippen LogP contribution in [-0.2, 0) is 0 Å². The van der Waals surface area contributed by atoms with Gasteiger partial charge in [-0.25, -0.2) is 0 Å². The molecule has 0 bridgehead atoms. The SMILES string of the molecule is Cc1cc([C@H](N)c2ccsc2)ccc1O. The van der Waals surface area contributed by atoms with E-state index in [1.807, 2.05) is 35.9 Å². The molecule has 0 fully saturated rings. The first kappa shape index (κ1) is 10.2. The van der Waals surface area contributed by atoms with E-state index in [0.717, 1.165) is 16.7 Å². The summed E-state index contributed by atoms with van der Waals surface area (Å²) in [6.45, 7) is 1.87. The fourth-order valence-electron chi connectivity index (χ4n) is 1.52. The van der Waals surface area contributed by atoms with Gasteiger partial charge in [-0.1, -0.05) is 12.1 Å². The number of benzene rings is 1. The molecule has 2 rings (SSSR count). The Morgan fingerprint density at radius 1 is 1.27 bits per heavy atom. The van der Waals surface area contributed by atoms with E-state index in [-0.39, 0.29) is 6.04 Å². The van der Waals surface area contributed by atoms with E-state index in [0.29, 0.717) is 5.75 Å². The van der Waals surface area contributed by atoms with E-state index in [1.54, 1.807) is 17.4 Å². The second-order valence-electron chi connectivity index (χ2n) is 3.58. The van der Waals surface area contributed by atoms with Crippen molar-refractivity contribution in [3.63, 3.8) is 0 Å². The summed E-state index contributed by atoms with van der Waals surface area (Å²) in [5, 5.41) is 13.5. The van der Waals surface area contributed by atoms with Gasteiger partial charge in [0.05, 0.1) is 6.04 Å². The van der Waals surface area contributed by atoms with Gasteiger partial charge in [-0.3, -0.25) is 0 Å². The number of hydrogen-bond acceptors (Lipinski definition) is 3. The van der Waals surface area contributed by atoms with Crippen molar-refractivity contribution in [3.8, 4) is 5.75 Å². The second-order valence-corrected chi connectivity index (χ2v) is 4.36. The highest BCUT2D eigenvalue weighted by atomic mass is 32.1. The van der Waals surface area contributed by atoms with Crippen LogP contribution in [0.4, 0.5) is 0 Å². The zero-order chi connectivity index (χ0) is 10.8. The summed E-state index contributed by atoms with van der Waals surface area (Å²) >= 11 is 1.64. The van der Waals surface area contributed by atoms with E-state index in [9.17, 15) is 5.11 Å². The van der Waals surface area contributed by atoms with Gasteiger partial charge in [0.1, 0.15) is 5.75 Å². The Balaban J connectivity index is 2.34. The van der Waals surface area contributed by atoms with E-state index in [2.05, 4.69) is 0 Å². The highest BCUT2D eigenvalue weighted by molar-refractivity contribution is 7.08. The standard InChI is InChI=1S/C12H13NOS/c1-8-6-9(2-3-11(8)14)12(13)10-4-5-15-7-10/h2-7,12,14H,13H2,1H3/t12-/m0/s1. The number of phenols is 1. The minimum atomic E-state index is -0.101. The molecule has 0 saturated carbocycles. The Kier molecular flexibility index (Phi) is 2.75. The van der Waals surface area contributed by atoms with Crippen LogP contribution >= 0.6 is 11.3 Å². The average Bonchev–Trinajstić information content (AvgIpc) is 2.74. The zero-order valence-electron chi connectivity index (χ0n) is 8.47. The monoisotopic (exact) mass is 219 g/mol. The van der Waals surface area contributed by atoms with Crippen LogP contribution in [-0.4, -0.2) is 5.11 Å². The summed E-state index contributed by atoms with van der Waals surface area (Å²) in [7, 11) is 0. The predicted octanol–water partition coefficient (Wildman–Crippen LogP) is 2.81. The normalized spacial score (nSPS) is 12.7. The molecule has 0 aliphatic carbocycles. The smallest absolute Gasteiger partial charge is 0.118 e. The van der Waals surface area contributed by atoms with Crippen molar-refractivity contribution in [3.05, 3.63) is 51.7 Å². The van der Waals surface area contributed by atoms with Gasteiger partial charge in [0.15, 0.2) is 0 Å². The summed E-state index contributed by atoms with van der Waals surface area (Å²) in [5.41, 5.74) is 9.11. The van der Waals surface area contributed by atoms with E-state index < -0.39 is 0 Å². The third-order valence-corrected chi connectivity index (χ3v) is 3.18. The molecular weight excluding hydrogens is 206 g/mol. The lowest BCUT2D eigenvalue weighted by Gasteiger charge is -2.11. The summed E-state index contributed by atoms with van der Waals surface area (Å²) in [6, 6.07) is 7.41. The molecule has 78 valence electrons. The Labute approximate surface area is 93.0 Å². The predicted molar refractivity (Wildman–Crippen MR) is 63.2 cm³/mol. The van der Waals surface area contributed by atoms with Gasteiger partial charge in [0.2, 0.25) is 0 Å². The molecule has 1 heterocycles. The van der Waals surface area contributed by atoms with Gasteiger partial charge >= 0.3 is 0 Å². The van der Waals surface area contributed by atoms with E-state index >= 15 is 0 Å². The topological polar surface area (TPSA) is 46.2 Å². The molecule has 0 aliphatic heterocycles. The van der Waals surface area contributed by atoms with Gasteiger partial charge in [-0.15, -0.1) is 0 Å². The van der Waals surface area contributed by atoms with Crippen molar-refractivity contribution >= 4 is 11.3 Å².